The van der Waals surface area contributed by atoms with Gasteiger partial charge in [0.25, 0.3) is 0 Å². The smallest absolute Gasteiger partial charge is 0.227 e. The van der Waals surface area contributed by atoms with Crippen LogP contribution in [-0.2, 0) is 18.4 Å². The van der Waals surface area contributed by atoms with Gasteiger partial charge in [-0.3, -0.25) is 9.69 Å². The summed E-state index contributed by atoms with van der Waals surface area (Å²) >= 11 is 0. The number of nitrogens with one attached hydrogen (secondary N) is 2. The van der Waals surface area contributed by atoms with Crippen molar-refractivity contribution in [3.05, 3.63) is 79.0 Å². The van der Waals surface area contributed by atoms with Crippen molar-refractivity contribution in [2.24, 2.45) is 7.05 Å². The van der Waals surface area contributed by atoms with Gasteiger partial charge in [0, 0.05) is 81.4 Å². The molecule has 184 valence electrons. The lowest BCUT2D eigenvalue weighted by atomic mass is 10.1. The molecule has 0 atom stereocenters. The van der Waals surface area contributed by atoms with Gasteiger partial charge in [0.1, 0.15) is 5.82 Å². The highest BCUT2D eigenvalue weighted by Gasteiger charge is 2.19. The van der Waals surface area contributed by atoms with Gasteiger partial charge in [0.15, 0.2) is 0 Å². The summed E-state index contributed by atoms with van der Waals surface area (Å²) in [7, 11) is 2.04. The lowest BCUT2D eigenvalue weighted by Crippen LogP contribution is -2.46. The largest absolute Gasteiger partial charge is 0.369 e. The van der Waals surface area contributed by atoms with E-state index in [9.17, 15) is 4.79 Å². The summed E-state index contributed by atoms with van der Waals surface area (Å²) in [5, 5.41) is 6.13. The van der Waals surface area contributed by atoms with Crippen LogP contribution in [0.2, 0.25) is 0 Å². The van der Waals surface area contributed by atoms with Crippen LogP contribution in [0.25, 0.3) is 11.3 Å². The van der Waals surface area contributed by atoms with E-state index in [0.29, 0.717) is 5.95 Å². The maximum atomic E-state index is 11.2. The van der Waals surface area contributed by atoms with Gasteiger partial charge in [-0.1, -0.05) is 18.2 Å². The maximum Gasteiger partial charge on any atom is 0.227 e. The van der Waals surface area contributed by atoms with Crippen molar-refractivity contribution >= 4 is 28.9 Å². The second-order valence-electron chi connectivity index (χ2n) is 8.92. The highest BCUT2D eigenvalue weighted by Crippen LogP contribution is 2.25. The number of carbonyl (C=O) groups is 1. The first-order chi connectivity index (χ1) is 17.5. The number of rotatable bonds is 7. The molecule has 0 saturated carbocycles. The van der Waals surface area contributed by atoms with Gasteiger partial charge in [-0.15, -0.1) is 0 Å². The minimum atomic E-state index is -0.0928. The lowest BCUT2D eigenvalue weighted by Gasteiger charge is -2.36. The molecule has 2 N–H and O–H groups in total. The molecule has 2 aromatic heterocycles. The first-order valence-electron chi connectivity index (χ1n) is 12.1. The maximum absolute atomic E-state index is 11.2. The van der Waals surface area contributed by atoms with Gasteiger partial charge in [0.05, 0.1) is 12.2 Å². The topological polar surface area (TPSA) is 91.2 Å². The zero-order valence-electron chi connectivity index (χ0n) is 20.6. The van der Waals surface area contributed by atoms with Crippen molar-refractivity contribution in [1.82, 2.24) is 24.4 Å². The number of aromatic nitrogens is 4. The summed E-state index contributed by atoms with van der Waals surface area (Å²) in [6.07, 6.45) is 5.60. The molecule has 0 unspecified atom stereocenters. The Morgan fingerprint density at radius 3 is 2.47 bits per heavy atom. The van der Waals surface area contributed by atoms with Crippen LogP contribution in [0, 0.1) is 0 Å². The van der Waals surface area contributed by atoms with E-state index < -0.39 is 0 Å². The summed E-state index contributed by atoms with van der Waals surface area (Å²) in [6.45, 7) is 6.30. The minimum Gasteiger partial charge on any atom is -0.369 e. The number of hydrogen-bond donors (Lipinski definition) is 2. The number of imidazole rings is 1. The molecule has 4 aromatic rings. The molecule has 1 amide bonds. The number of amides is 1. The molecular weight excluding hydrogens is 452 g/mol. The number of nitrogens with zero attached hydrogens (tertiary/aromatic N) is 6. The first kappa shape index (κ1) is 23.5. The van der Waals surface area contributed by atoms with Crippen molar-refractivity contribution < 1.29 is 4.79 Å². The third-order valence-corrected chi connectivity index (χ3v) is 6.28. The predicted octanol–water partition coefficient (Wildman–Crippen LogP) is 3.90. The number of aryl methyl sites for hydroxylation is 1. The molecule has 1 aliphatic heterocycles. The fourth-order valence-corrected chi connectivity index (χ4v) is 4.33. The van der Waals surface area contributed by atoms with E-state index in [1.807, 2.05) is 55.8 Å². The zero-order valence-corrected chi connectivity index (χ0v) is 20.6. The van der Waals surface area contributed by atoms with Crippen LogP contribution < -0.4 is 15.5 Å². The molecule has 36 heavy (non-hydrogen) atoms. The van der Waals surface area contributed by atoms with E-state index >= 15 is 0 Å². The standard InChI is InChI=1S/C27H30N8O/c1-20(36)30-22-8-6-21(7-9-22)25-10-11-29-27(32-25)31-23-4-3-5-24(18-23)35-16-14-34(15-17-35)19-26-28-12-13-33(26)2/h3-13,18H,14-17,19H2,1-2H3,(H,30,36)(H,29,31,32). The number of piperazine rings is 1. The highest BCUT2D eigenvalue weighted by molar-refractivity contribution is 5.88. The fraction of sp³-hybridized carbons (Fsp3) is 0.259. The second-order valence-corrected chi connectivity index (χ2v) is 8.92. The van der Waals surface area contributed by atoms with Crippen molar-refractivity contribution in [2.75, 3.05) is 41.7 Å². The van der Waals surface area contributed by atoms with Crippen molar-refractivity contribution in [3.63, 3.8) is 0 Å². The van der Waals surface area contributed by atoms with Crippen LogP contribution in [0.15, 0.2) is 73.2 Å². The summed E-state index contributed by atoms with van der Waals surface area (Å²) in [5.74, 6) is 1.54. The van der Waals surface area contributed by atoms with E-state index in [1.165, 1.54) is 12.6 Å². The summed E-state index contributed by atoms with van der Waals surface area (Å²) in [6, 6.07) is 17.9. The number of carbonyl (C=O) groups excluding carboxylic acids is 1. The molecule has 9 nitrogen and oxygen atoms in total. The Labute approximate surface area is 210 Å². The van der Waals surface area contributed by atoms with Crippen molar-refractivity contribution in [3.8, 4) is 11.3 Å². The van der Waals surface area contributed by atoms with Crippen LogP contribution in [0.3, 0.4) is 0 Å². The molecule has 1 saturated heterocycles. The van der Waals surface area contributed by atoms with Crippen molar-refractivity contribution in [1.29, 1.82) is 0 Å². The third kappa shape index (κ3) is 5.69. The highest BCUT2D eigenvalue weighted by atomic mass is 16.1. The summed E-state index contributed by atoms with van der Waals surface area (Å²) in [5.41, 5.74) is 4.64. The Bertz CT molecular complexity index is 1330. The molecule has 0 aliphatic carbocycles. The second kappa shape index (κ2) is 10.6. The Morgan fingerprint density at radius 1 is 0.944 bits per heavy atom. The molecule has 0 bridgehead atoms. The average molecular weight is 483 g/mol. The van der Waals surface area contributed by atoms with Gasteiger partial charge < -0.3 is 20.1 Å². The Hall–Kier alpha value is -4.24. The number of hydrogen-bond acceptors (Lipinski definition) is 7. The van der Waals surface area contributed by atoms with Crippen LogP contribution in [0.4, 0.5) is 23.0 Å². The fourth-order valence-electron chi connectivity index (χ4n) is 4.33. The number of benzene rings is 2. The van der Waals surface area contributed by atoms with Crippen molar-refractivity contribution in [2.45, 2.75) is 13.5 Å². The van der Waals surface area contributed by atoms with Crippen LogP contribution >= 0.6 is 0 Å². The average Bonchev–Trinajstić information content (AvgIpc) is 3.29. The van der Waals surface area contributed by atoms with E-state index in [2.05, 4.69) is 58.2 Å². The Kier molecular flexibility index (Phi) is 6.90. The third-order valence-electron chi connectivity index (χ3n) is 6.28. The lowest BCUT2D eigenvalue weighted by molar-refractivity contribution is -0.114. The molecule has 1 fully saturated rings. The normalized spacial score (nSPS) is 14.0. The van der Waals surface area contributed by atoms with Gasteiger partial charge >= 0.3 is 0 Å². The van der Waals surface area contributed by atoms with Crippen LogP contribution in [0.1, 0.15) is 12.7 Å². The summed E-state index contributed by atoms with van der Waals surface area (Å²) < 4.78 is 2.08. The molecule has 5 rings (SSSR count). The van der Waals surface area contributed by atoms with Crippen LogP contribution in [-0.4, -0.2) is 56.5 Å². The molecule has 1 aliphatic rings. The molecule has 9 heteroatoms. The van der Waals surface area contributed by atoms with E-state index in [1.54, 1.807) is 6.20 Å². The van der Waals surface area contributed by atoms with Crippen LogP contribution in [0.5, 0.6) is 0 Å². The van der Waals surface area contributed by atoms with Gasteiger partial charge in [0.2, 0.25) is 11.9 Å². The van der Waals surface area contributed by atoms with E-state index in [4.69, 9.17) is 0 Å². The zero-order chi connectivity index (χ0) is 24.9. The minimum absolute atomic E-state index is 0.0928. The quantitative estimate of drug-likeness (QED) is 0.413. The summed E-state index contributed by atoms with van der Waals surface area (Å²) in [4.78, 5) is 29.6. The number of anilines is 4. The van der Waals surface area contributed by atoms with E-state index in [0.717, 1.165) is 61.2 Å². The Balaban J connectivity index is 1.22. The predicted molar refractivity (Wildman–Crippen MR) is 142 cm³/mol. The van der Waals surface area contributed by atoms with Gasteiger partial charge in [-0.05, 0) is 36.4 Å². The molecule has 0 radical (unpaired) electrons. The first-order valence-corrected chi connectivity index (χ1v) is 12.1. The SMILES string of the molecule is CC(=O)Nc1ccc(-c2ccnc(Nc3cccc(N4CCN(Cc5nccn5C)CC4)c3)n2)cc1. The molecule has 2 aromatic carbocycles. The molecular formula is C27H30N8O. The monoisotopic (exact) mass is 482 g/mol. The molecule has 0 spiro atoms. The molecule has 3 heterocycles. The van der Waals surface area contributed by atoms with Gasteiger partial charge in [-0.2, -0.15) is 0 Å². The Morgan fingerprint density at radius 2 is 1.75 bits per heavy atom. The van der Waals surface area contributed by atoms with E-state index in [-0.39, 0.29) is 5.91 Å². The van der Waals surface area contributed by atoms with Gasteiger partial charge in [-0.25, -0.2) is 15.0 Å².